The molecule has 0 N–H and O–H groups in total. The highest BCUT2D eigenvalue weighted by Crippen LogP contribution is 2.35. The molecular formula is C20H25FN4O2. The summed E-state index contributed by atoms with van der Waals surface area (Å²) in [6.45, 7) is 3.77. The molecule has 2 fully saturated rings. The van der Waals surface area contributed by atoms with Crippen molar-refractivity contribution in [2.45, 2.75) is 31.8 Å². The number of hydrogen-bond donors (Lipinski definition) is 0. The molecule has 7 heteroatoms. The fraction of sp³-hybridized carbons (Fsp3) is 0.500. The Labute approximate surface area is 158 Å². The van der Waals surface area contributed by atoms with Gasteiger partial charge in [0.15, 0.2) is 0 Å². The Morgan fingerprint density at radius 1 is 1.26 bits per heavy atom. The predicted molar refractivity (Wildman–Crippen MR) is 99.2 cm³/mol. The van der Waals surface area contributed by atoms with E-state index in [-0.39, 0.29) is 11.5 Å². The summed E-state index contributed by atoms with van der Waals surface area (Å²) >= 11 is 0. The lowest BCUT2D eigenvalue weighted by Crippen LogP contribution is -2.35. The summed E-state index contributed by atoms with van der Waals surface area (Å²) in [6, 6.07) is 4.69. The standard InChI is InChI=1S/C20H25FN4O2/c1-27-18-6-3-15(21)13-17(18)20(26)24-9-2-8-23(11-12-24)14-19-22-7-10-25(19)16-4-5-16/h3,6-7,10,13,16H,2,4-5,8-9,11-12,14H2,1H3. The molecule has 1 saturated heterocycles. The zero-order valence-electron chi connectivity index (χ0n) is 15.6. The molecule has 2 heterocycles. The first kappa shape index (κ1) is 18.0. The normalized spacial score (nSPS) is 18.4. The van der Waals surface area contributed by atoms with E-state index >= 15 is 0 Å². The molecule has 0 atom stereocenters. The van der Waals surface area contributed by atoms with Crippen LogP contribution in [0.15, 0.2) is 30.6 Å². The molecule has 1 aliphatic heterocycles. The second kappa shape index (κ2) is 7.68. The predicted octanol–water partition coefficient (Wildman–Crippen LogP) is 2.71. The van der Waals surface area contributed by atoms with Gasteiger partial charge < -0.3 is 14.2 Å². The van der Waals surface area contributed by atoms with Gasteiger partial charge in [-0.1, -0.05) is 0 Å². The van der Waals surface area contributed by atoms with Crippen LogP contribution in [-0.2, 0) is 6.54 Å². The maximum Gasteiger partial charge on any atom is 0.257 e. The molecule has 1 aromatic carbocycles. The molecular weight excluding hydrogens is 347 g/mol. The third-order valence-electron chi connectivity index (χ3n) is 5.32. The molecule has 27 heavy (non-hydrogen) atoms. The number of aromatic nitrogens is 2. The Morgan fingerprint density at radius 3 is 2.89 bits per heavy atom. The van der Waals surface area contributed by atoms with E-state index in [0.717, 1.165) is 31.9 Å². The smallest absolute Gasteiger partial charge is 0.257 e. The van der Waals surface area contributed by atoms with Crippen LogP contribution in [-0.4, -0.2) is 58.5 Å². The summed E-state index contributed by atoms with van der Waals surface area (Å²) in [7, 11) is 1.50. The maximum atomic E-state index is 13.6. The van der Waals surface area contributed by atoms with Gasteiger partial charge in [-0.15, -0.1) is 0 Å². The van der Waals surface area contributed by atoms with Crippen LogP contribution in [0.1, 0.15) is 41.5 Å². The van der Waals surface area contributed by atoms with Crippen molar-refractivity contribution in [2.75, 3.05) is 33.3 Å². The van der Waals surface area contributed by atoms with Gasteiger partial charge in [0.1, 0.15) is 17.4 Å². The lowest BCUT2D eigenvalue weighted by Gasteiger charge is -2.23. The Bertz CT molecular complexity index is 818. The summed E-state index contributed by atoms with van der Waals surface area (Å²) in [5.74, 6) is 0.910. The molecule has 144 valence electrons. The van der Waals surface area contributed by atoms with Crippen molar-refractivity contribution in [2.24, 2.45) is 0 Å². The third-order valence-corrected chi connectivity index (χ3v) is 5.32. The highest BCUT2D eigenvalue weighted by molar-refractivity contribution is 5.97. The number of halogens is 1. The molecule has 4 rings (SSSR count). The fourth-order valence-electron chi connectivity index (χ4n) is 3.70. The molecule has 2 aromatic rings. The number of carbonyl (C=O) groups is 1. The molecule has 0 spiro atoms. The molecule has 1 saturated carbocycles. The number of benzene rings is 1. The van der Waals surface area contributed by atoms with Crippen molar-refractivity contribution >= 4 is 5.91 Å². The van der Waals surface area contributed by atoms with Gasteiger partial charge in [-0.25, -0.2) is 9.37 Å². The third kappa shape index (κ3) is 3.98. The van der Waals surface area contributed by atoms with Crippen molar-refractivity contribution in [1.29, 1.82) is 0 Å². The van der Waals surface area contributed by atoms with E-state index in [1.54, 1.807) is 4.90 Å². The highest BCUT2D eigenvalue weighted by atomic mass is 19.1. The zero-order chi connectivity index (χ0) is 18.8. The van der Waals surface area contributed by atoms with Gasteiger partial charge in [0.2, 0.25) is 0 Å². The van der Waals surface area contributed by atoms with E-state index in [1.165, 1.54) is 38.2 Å². The number of methoxy groups -OCH3 is 1. The van der Waals surface area contributed by atoms with Gasteiger partial charge in [0.05, 0.1) is 19.2 Å². The number of nitrogens with zero attached hydrogens (tertiary/aromatic N) is 4. The van der Waals surface area contributed by atoms with Crippen LogP contribution in [0.25, 0.3) is 0 Å². The van der Waals surface area contributed by atoms with Crippen LogP contribution >= 0.6 is 0 Å². The number of ether oxygens (including phenoxy) is 1. The monoisotopic (exact) mass is 372 g/mol. The molecule has 6 nitrogen and oxygen atoms in total. The number of amides is 1. The highest BCUT2D eigenvalue weighted by Gasteiger charge is 2.27. The molecule has 0 radical (unpaired) electrons. The Morgan fingerprint density at radius 2 is 2.11 bits per heavy atom. The van der Waals surface area contributed by atoms with Crippen molar-refractivity contribution in [3.8, 4) is 5.75 Å². The second-order valence-corrected chi connectivity index (χ2v) is 7.25. The zero-order valence-corrected chi connectivity index (χ0v) is 15.6. The van der Waals surface area contributed by atoms with E-state index in [2.05, 4.69) is 20.6 Å². The molecule has 1 amide bonds. The van der Waals surface area contributed by atoms with Crippen LogP contribution < -0.4 is 4.74 Å². The van der Waals surface area contributed by atoms with E-state index in [4.69, 9.17) is 4.74 Å². The van der Waals surface area contributed by atoms with E-state index in [9.17, 15) is 9.18 Å². The van der Waals surface area contributed by atoms with Gasteiger partial charge in [-0.3, -0.25) is 9.69 Å². The van der Waals surface area contributed by atoms with Crippen LogP contribution in [0.2, 0.25) is 0 Å². The minimum atomic E-state index is -0.428. The van der Waals surface area contributed by atoms with Gasteiger partial charge in [-0.2, -0.15) is 0 Å². The minimum absolute atomic E-state index is 0.173. The first-order chi connectivity index (χ1) is 13.2. The average Bonchev–Trinajstić information content (AvgIpc) is 3.45. The lowest BCUT2D eigenvalue weighted by atomic mass is 10.1. The second-order valence-electron chi connectivity index (χ2n) is 7.25. The fourth-order valence-corrected chi connectivity index (χ4v) is 3.70. The summed E-state index contributed by atoms with van der Waals surface area (Å²) in [5, 5.41) is 0. The van der Waals surface area contributed by atoms with Gasteiger partial charge in [0.25, 0.3) is 5.91 Å². The van der Waals surface area contributed by atoms with Crippen LogP contribution in [0, 0.1) is 5.82 Å². The first-order valence-electron chi connectivity index (χ1n) is 9.52. The largest absolute Gasteiger partial charge is 0.496 e. The van der Waals surface area contributed by atoms with Crippen molar-refractivity contribution < 1.29 is 13.9 Å². The first-order valence-corrected chi connectivity index (χ1v) is 9.52. The summed E-state index contributed by atoms with van der Waals surface area (Å²) < 4.78 is 21.2. The SMILES string of the molecule is COc1ccc(F)cc1C(=O)N1CCCN(Cc2nccn2C2CC2)CC1. The topological polar surface area (TPSA) is 50.6 Å². The van der Waals surface area contributed by atoms with E-state index in [0.29, 0.717) is 24.9 Å². The summed E-state index contributed by atoms with van der Waals surface area (Å²) in [4.78, 5) is 21.6. The molecule has 1 aromatic heterocycles. The Hall–Kier alpha value is -2.41. The van der Waals surface area contributed by atoms with Crippen LogP contribution in [0.4, 0.5) is 4.39 Å². The van der Waals surface area contributed by atoms with Gasteiger partial charge >= 0.3 is 0 Å². The van der Waals surface area contributed by atoms with E-state index in [1.807, 2.05) is 6.20 Å². The Kier molecular flexibility index (Phi) is 5.11. The van der Waals surface area contributed by atoms with Crippen LogP contribution in [0.3, 0.4) is 0 Å². The number of rotatable bonds is 5. The lowest BCUT2D eigenvalue weighted by molar-refractivity contribution is 0.0757. The number of carbonyl (C=O) groups excluding carboxylic acids is 1. The molecule has 0 unspecified atom stereocenters. The van der Waals surface area contributed by atoms with Crippen molar-refractivity contribution in [3.63, 3.8) is 0 Å². The summed E-state index contributed by atoms with van der Waals surface area (Å²) in [5.41, 5.74) is 0.287. The van der Waals surface area contributed by atoms with Crippen molar-refractivity contribution in [3.05, 3.63) is 47.8 Å². The molecule has 2 aliphatic rings. The Balaban J connectivity index is 1.41. The van der Waals surface area contributed by atoms with Crippen LogP contribution in [0.5, 0.6) is 5.75 Å². The maximum absolute atomic E-state index is 13.6. The average molecular weight is 372 g/mol. The molecule has 0 bridgehead atoms. The van der Waals surface area contributed by atoms with Gasteiger partial charge in [0, 0.05) is 44.6 Å². The number of imidazole rings is 1. The van der Waals surface area contributed by atoms with Gasteiger partial charge in [-0.05, 0) is 37.5 Å². The number of hydrogen-bond acceptors (Lipinski definition) is 4. The summed E-state index contributed by atoms with van der Waals surface area (Å²) in [6.07, 6.45) is 7.30. The quantitative estimate of drug-likeness (QED) is 0.810. The molecule has 1 aliphatic carbocycles. The van der Waals surface area contributed by atoms with Crippen molar-refractivity contribution in [1.82, 2.24) is 19.4 Å². The van der Waals surface area contributed by atoms with E-state index < -0.39 is 5.82 Å². The minimum Gasteiger partial charge on any atom is -0.496 e.